The number of nitrogens with zero attached hydrogens (tertiary/aromatic N) is 1. The molecule has 0 saturated carbocycles. The molecule has 118 valence electrons. The minimum absolute atomic E-state index is 0.0200. The van der Waals surface area contributed by atoms with Gasteiger partial charge in [0.15, 0.2) is 0 Å². The molecule has 0 fully saturated rings. The van der Waals surface area contributed by atoms with Gasteiger partial charge in [-0.05, 0) is 36.8 Å². The Bertz CT molecular complexity index is 468. The smallest absolute Gasteiger partial charge is 0.0969 e. The summed E-state index contributed by atoms with van der Waals surface area (Å²) in [6, 6.07) is 21.3. The van der Waals surface area contributed by atoms with Crippen molar-refractivity contribution in [2.75, 3.05) is 13.1 Å². The molecule has 0 amide bonds. The second-order valence-electron chi connectivity index (χ2n) is 5.56. The summed E-state index contributed by atoms with van der Waals surface area (Å²) in [6.45, 7) is 2.09. The molecule has 0 heterocycles. The summed E-state index contributed by atoms with van der Waals surface area (Å²) in [5.41, 5.74) is 2.81. The van der Waals surface area contributed by atoms with Gasteiger partial charge in [-0.2, -0.15) is 0 Å². The molecular formula is C19H25NS2. The van der Waals surface area contributed by atoms with Gasteiger partial charge in [-0.25, -0.2) is 0 Å². The normalized spacial score (nSPS) is 11.3. The van der Waals surface area contributed by atoms with Crippen LogP contribution in [0.3, 0.4) is 0 Å². The van der Waals surface area contributed by atoms with Crippen LogP contribution < -0.4 is 0 Å². The molecule has 0 aromatic heterocycles. The lowest BCUT2D eigenvalue weighted by molar-refractivity contribution is 0.298. The largest absolute Gasteiger partial charge is 0.284 e. The van der Waals surface area contributed by atoms with E-state index in [4.69, 9.17) is 0 Å². The molecule has 3 heteroatoms. The Labute approximate surface area is 145 Å². The fraction of sp³-hybridized carbons (Fsp3) is 0.368. The van der Waals surface area contributed by atoms with Gasteiger partial charge >= 0.3 is 0 Å². The monoisotopic (exact) mass is 331 g/mol. The Morgan fingerprint density at radius 3 is 1.45 bits per heavy atom. The summed E-state index contributed by atoms with van der Waals surface area (Å²) in [5.74, 6) is 0. The molecule has 0 saturated heterocycles. The highest BCUT2D eigenvalue weighted by Gasteiger charge is 2.10. The summed E-state index contributed by atoms with van der Waals surface area (Å²) in [7, 11) is 0. The Kier molecular flexibility index (Phi) is 7.92. The first-order chi connectivity index (χ1) is 10.8. The first kappa shape index (κ1) is 17.5. The summed E-state index contributed by atoms with van der Waals surface area (Å²) in [4.78, 5) is 2.35. The van der Waals surface area contributed by atoms with Gasteiger partial charge in [-0.15, -0.1) is 25.3 Å². The van der Waals surface area contributed by atoms with Gasteiger partial charge in [0.05, 0.1) is 4.71 Å². The van der Waals surface area contributed by atoms with Crippen molar-refractivity contribution >= 4 is 25.3 Å². The van der Waals surface area contributed by atoms with Crippen LogP contribution in [0.4, 0.5) is 0 Å². The minimum Gasteiger partial charge on any atom is -0.284 e. The molecule has 2 rings (SSSR count). The van der Waals surface area contributed by atoms with E-state index in [-0.39, 0.29) is 4.71 Å². The van der Waals surface area contributed by atoms with Crippen LogP contribution in [0.1, 0.15) is 24.0 Å². The predicted octanol–water partition coefficient (Wildman–Crippen LogP) is 4.70. The van der Waals surface area contributed by atoms with Crippen molar-refractivity contribution in [2.24, 2.45) is 0 Å². The standard InChI is InChI=1S/C19H25NS2/c21-19(22)20(15-7-13-17-9-3-1-4-10-17)16-8-14-18-11-5-2-6-12-18/h1-6,9-12,19,21-22H,7-8,13-16H2. The van der Waals surface area contributed by atoms with E-state index in [1.807, 2.05) is 0 Å². The Balaban J connectivity index is 1.70. The van der Waals surface area contributed by atoms with Crippen molar-refractivity contribution in [3.8, 4) is 0 Å². The second kappa shape index (κ2) is 9.98. The zero-order valence-corrected chi connectivity index (χ0v) is 14.7. The summed E-state index contributed by atoms with van der Waals surface area (Å²) in [6.07, 6.45) is 4.52. The molecular weight excluding hydrogens is 306 g/mol. The van der Waals surface area contributed by atoms with Gasteiger partial charge in [-0.3, -0.25) is 4.90 Å². The zero-order chi connectivity index (χ0) is 15.6. The van der Waals surface area contributed by atoms with Crippen LogP contribution in [0.2, 0.25) is 0 Å². The molecule has 0 aliphatic carbocycles. The fourth-order valence-corrected chi connectivity index (χ4v) is 3.07. The molecule has 0 aliphatic rings. The van der Waals surface area contributed by atoms with Gasteiger partial charge in [-0.1, -0.05) is 60.7 Å². The maximum absolute atomic E-state index is 4.50. The number of hydrogen-bond donors (Lipinski definition) is 2. The molecule has 2 aromatic rings. The zero-order valence-electron chi connectivity index (χ0n) is 12.9. The van der Waals surface area contributed by atoms with E-state index in [0.29, 0.717) is 0 Å². The quantitative estimate of drug-likeness (QED) is 0.498. The summed E-state index contributed by atoms with van der Waals surface area (Å²) >= 11 is 9.01. The van der Waals surface area contributed by atoms with E-state index < -0.39 is 0 Å². The van der Waals surface area contributed by atoms with Gasteiger partial charge in [0.2, 0.25) is 0 Å². The predicted molar refractivity (Wildman–Crippen MR) is 103 cm³/mol. The number of benzene rings is 2. The average molecular weight is 332 g/mol. The van der Waals surface area contributed by atoms with E-state index >= 15 is 0 Å². The fourth-order valence-electron chi connectivity index (χ4n) is 2.60. The van der Waals surface area contributed by atoms with Crippen molar-refractivity contribution in [3.05, 3.63) is 71.8 Å². The molecule has 0 aliphatic heterocycles. The number of hydrogen-bond acceptors (Lipinski definition) is 3. The topological polar surface area (TPSA) is 3.24 Å². The third kappa shape index (κ3) is 6.47. The highest BCUT2D eigenvalue weighted by Crippen LogP contribution is 2.13. The number of aryl methyl sites for hydroxylation is 2. The molecule has 0 atom stereocenters. The Morgan fingerprint density at radius 1 is 0.682 bits per heavy atom. The van der Waals surface area contributed by atoms with Crippen molar-refractivity contribution in [2.45, 2.75) is 30.4 Å². The van der Waals surface area contributed by atoms with E-state index in [9.17, 15) is 0 Å². The summed E-state index contributed by atoms with van der Waals surface area (Å²) in [5, 5.41) is 0. The minimum atomic E-state index is 0.0200. The highest BCUT2D eigenvalue weighted by molar-refractivity contribution is 7.99. The van der Waals surface area contributed by atoms with E-state index in [1.54, 1.807) is 0 Å². The lowest BCUT2D eigenvalue weighted by Crippen LogP contribution is -2.30. The summed E-state index contributed by atoms with van der Waals surface area (Å²) < 4.78 is 0.0200. The van der Waals surface area contributed by atoms with Crippen LogP contribution in [-0.2, 0) is 12.8 Å². The van der Waals surface area contributed by atoms with Crippen LogP contribution in [0.15, 0.2) is 60.7 Å². The van der Waals surface area contributed by atoms with Gasteiger partial charge in [0.1, 0.15) is 0 Å². The van der Waals surface area contributed by atoms with Gasteiger partial charge in [0, 0.05) is 13.1 Å². The van der Waals surface area contributed by atoms with E-state index in [0.717, 1.165) is 38.8 Å². The lowest BCUT2D eigenvalue weighted by atomic mass is 10.1. The number of rotatable bonds is 9. The second-order valence-corrected chi connectivity index (χ2v) is 6.95. The van der Waals surface area contributed by atoms with Gasteiger partial charge < -0.3 is 0 Å². The maximum Gasteiger partial charge on any atom is 0.0969 e. The maximum atomic E-state index is 4.50. The van der Waals surface area contributed by atoms with Crippen LogP contribution >= 0.6 is 25.3 Å². The van der Waals surface area contributed by atoms with E-state index in [1.165, 1.54) is 11.1 Å². The molecule has 0 unspecified atom stereocenters. The molecule has 0 N–H and O–H groups in total. The first-order valence-corrected chi connectivity index (χ1v) is 8.97. The Morgan fingerprint density at radius 2 is 1.09 bits per heavy atom. The highest BCUT2D eigenvalue weighted by atomic mass is 32.2. The van der Waals surface area contributed by atoms with Crippen molar-refractivity contribution < 1.29 is 0 Å². The molecule has 0 bridgehead atoms. The third-order valence-electron chi connectivity index (χ3n) is 3.83. The van der Waals surface area contributed by atoms with Crippen LogP contribution in [0.5, 0.6) is 0 Å². The van der Waals surface area contributed by atoms with Gasteiger partial charge in [0.25, 0.3) is 0 Å². The van der Waals surface area contributed by atoms with Crippen LogP contribution in [0, 0.1) is 0 Å². The Hall–Kier alpha value is -0.900. The number of thiol groups is 2. The molecule has 22 heavy (non-hydrogen) atoms. The van der Waals surface area contributed by atoms with Crippen LogP contribution in [-0.4, -0.2) is 22.7 Å². The average Bonchev–Trinajstić information content (AvgIpc) is 2.55. The molecule has 1 nitrogen and oxygen atoms in total. The van der Waals surface area contributed by atoms with E-state index in [2.05, 4.69) is 90.8 Å². The molecule has 2 aromatic carbocycles. The first-order valence-electron chi connectivity index (χ1n) is 7.94. The van der Waals surface area contributed by atoms with Crippen molar-refractivity contribution in [1.29, 1.82) is 0 Å². The van der Waals surface area contributed by atoms with Crippen LogP contribution in [0.25, 0.3) is 0 Å². The van der Waals surface area contributed by atoms with Crippen molar-refractivity contribution in [3.63, 3.8) is 0 Å². The molecule has 0 spiro atoms. The third-order valence-corrected chi connectivity index (χ3v) is 4.49. The molecule has 0 radical (unpaired) electrons. The SMILES string of the molecule is SC(S)N(CCCc1ccccc1)CCCc1ccccc1. The van der Waals surface area contributed by atoms with Crippen molar-refractivity contribution in [1.82, 2.24) is 4.90 Å². The lowest BCUT2D eigenvalue weighted by Gasteiger charge is -2.25.